The lowest BCUT2D eigenvalue weighted by molar-refractivity contribution is -0.00000342. The van der Waals surface area contributed by atoms with Crippen molar-refractivity contribution >= 4 is 11.0 Å². The topological polar surface area (TPSA) is 17.8 Å². The predicted molar refractivity (Wildman–Crippen MR) is 63.9 cm³/mol. The molecule has 0 aliphatic heterocycles. The Morgan fingerprint density at radius 1 is 1.25 bits per heavy atom. The third-order valence-electron chi connectivity index (χ3n) is 2.60. The lowest BCUT2D eigenvalue weighted by atomic mass is 10.2. The first-order chi connectivity index (χ1) is 7.22. The van der Waals surface area contributed by atoms with Crippen LogP contribution >= 0.6 is 0 Å². The van der Waals surface area contributed by atoms with Gasteiger partial charge in [0.25, 0.3) is 0 Å². The van der Waals surface area contributed by atoms with Crippen LogP contribution in [0.1, 0.15) is 26.6 Å². The number of fused-ring (bicyclic) bond motifs is 1. The summed E-state index contributed by atoms with van der Waals surface area (Å²) < 4.78 is 2.35. The number of para-hydroxylation sites is 2. The van der Waals surface area contributed by atoms with Gasteiger partial charge >= 0.3 is 0 Å². The number of nitrogens with zero attached hydrogens (tertiary/aromatic N) is 2. The number of aryl methyl sites for hydroxylation is 1. The average molecular weight is 238 g/mol. The zero-order valence-corrected chi connectivity index (χ0v) is 10.8. The Balaban J connectivity index is 0.00000128. The molecule has 2 rings (SSSR count). The van der Waals surface area contributed by atoms with E-state index in [2.05, 4.69) is 54.6 Å². The minimum absolute atomic E-state index is 0. The van der Waals surface area contributed by atoms with Crippen LogP contribution in [0, 0.1) is 5.92 Å². The van der Waals surface area contributed by atoms with Gasteiger partial charge in [-0.2, -0.15) is 0 Å². The number of hydrogen-bond acceptors (Lipinski definition) is 1. The first-order valence-corrected chi connectivity index (χ1v) is 5.66. The highest BCUT2D eigenvalue weighted by Crippen LogP contribution is 2.17. The minimum Gasteiger partial charge on any atom is -1.00 e. The lowest BCUT2D eigenvalue weighted by Gasteiger charge is -2.10. The van der Waals surface area contributed by atoms with Crippen molar-refractivity contribution in [3.63, 3.8) is 0 Å². The Labute approximate surface area is 103 Å². The molecule has 0 aliphatic rings. The van der Waals surface area contributed by atoms with E-state index in [4.69, 9.17) is 0 Å². The Hall–Kier alpha value is -1.02. The van der Waals surface area contributed by atoms with Crippen LogP contribution in [0.25, 0.3) is 11.0 Å². The van der Waals surface area contributed by atoms with Crippen molar-refractivity contribution in [1.29, 1.82) is 0 Å². The Morgan fingerprint density at radius 2 is 1.94 bits per heavy atom. The van der Waals surface area contributed by atoms with Gasteiger partial charge in [0.1, 0.15) is 5.82 Å². The molecule has 2 nitrogen and oxygen atoms in total. The van der Waals surface area contributed by atoms with Gasteiger partial charge in [-0.25, -0.2) is 4.98 Å². The molecule has 3 heteroatoms. The fourth-order valence-corrected chi connectivity index (χ4v) is 1.96. The molecular weight excluding hydrogens is 220 g/mol. The van der Waals surface area contributed by atoms with E-state index in [0.717, 1.165) is 18.5 Å². The predicted octanol–water partition coefficient (Wildman–Crippen LogP) is 0.259. The molecule has 0 bridgehead atoms. The van der Waals surface area contributed by atoms with Gasteiger partial charge < -0.3 is 17.0 Å². The highest BCUT2D eigenvalue weighted by atomic mass is 35.5. The van der Waals surface area contributed by atoms with Crippen molar-refractivity contribution in [2.45, 2.75) is 33.7 Å². The number of imidazole rings is 1. The molecule has 0 unspecified atom stereocenters. The molecule has 0 saturated heterocycles. The van der Waals surface area contributed by atoms with Crippen LogP contribution in [0.3, 0.4) is 0 Å². The summed E-state index contributed by atoms with van der Waals surface area (Å²) in [5, 5.41) is 0. The van der Waals surface area contributed by atoms with Crippen LogP contribution < -0.4 is 12.4 Å². The van der Waals surface area contributed by atoms with Crippen molar-refractivity contribution in [3.8, 4) is 0 Å². The third-order valence-corrected chi connectivity index (χ3v) is 2.60. The molecule has 1 aromatic heterocycles. The summed E-state index contributed by atoms with van der Waals surface area (Å²) in [5.74, 6) is 1.86. The van der Waals surface area contributed by atoms with Crippen LogP contribution in [0.2, 0.25) is 0 Å². The maximum absolute atomic E-state index is 4.65. The van der Waals surface area contributed by atoms with Gasteiger partial charge in [0.2, 0.25) is 0 Å². The van der Waals surface area contributed by atoms with Gasteiger partial charge in [0, 0.05) is 13.0 Å². The Bertz CT molecular complexity index is 460. The molecule has 0 amide bonds. The largest absolute Gasteiger partial charge is 1.00 e. The second-order valence-corrected chi connectivity index (χ2v) is 4.37. The van der Waals surface area contributed by atoms with E-state index in [9.17, 15) is 0 Å². The van der Waals surface area contributed by atoms with Crippen molar-refractivity contribution in [1.82, 2.24) is 9.55 Å². The number of halogens is 1. The summed E-state index contributed by atoms with van der Waals surface area (Å²) in [5.41, 5.74) is 2.39. The minimum atomic E-state index is 0. The van der Waals surface area contributed by atoms with Crippen LogP contribution in [0.15, 0.2) is 24.3 Å². The molecule has 16 heavy (non-hydrogen) atoms. The molecule has 0 fully saturated rings. The second-order valence-electron chi connectivity index (χ2n) is 4.37. The highest BCUT2D eigenvalue weighted by Gasteiger charge is 2.09. The number of rotatable bonds is 3. The smallest absolute Gasteiger partial charge is 0.109 e. The van der Waals surface area contributed by atoms with E-state index in [0.29, 0.717) is 5.92 Å². The van der Waals surface area contributed by atoms with Gasteiger partial charge in [-0.05, 0) is 18.1 Å². The van der Waals surface area contributed by atoms with Crippen molar-refractivity contribution < 1.29 is 12.4 Å². The number of hydrogen-bond donors (Lipinski definition) is 0. The second kappa shape index (κ2) is 5.35. The molecular formula is C13H18ClN2-. The van der Waals surface area contributed by atoms with E-state index < -0.39 is 0 Å². The summed E-state index contributed by atoms with van der Waals surface area (Å²) in [7, 11) is 0. The monoisotopic (exact) mass is 237 g/mol. The SMILES string of the molecule is CCc1nc2ccccc2n1CC(C)C.[Cl-]. The van der Waals surface area contributed by atoms with Crippen molar-refractivity contribution in [3.05, 3.63) is 30.1 Å². The highest BCUT2D eigenvalue weighted by molar-refractivity contribution is 5.75. The molecule has 0 saturated carbocycles. The molecule has 0 spiro atoms. The first-order valence-electron chi connectivity index (χ1n) is 5.66. The standard InChI is InChI=1S/C13H18N2.ClH/c1-4-13-14-11-7-5-6-8-12(11)15(13)9-10(2)3;/h5-8,10H,4,9H2,1-3H3;1H/p-1. The number of benzene rings is 1. The third kappa shape index (κ3) is 2.38. The molecule has 88 valence electrons. The molecule has 1 heterocycles. The van der Waals surface area contributed by atoms with Gasteiger partial charge in [-0.3, -0.25) is 0 Å². The molecule has 0 N–H and O–H groups in total. The fourth-order valence-electron chi connectivity index (χ4n) is 1.96. The van der Waals surface area contributed by atoms with Gasteiger partial charge in [-0.1, -0.05) is 32.9 Å². The molecule has 0 aliphatic carbocycles. The van der Waals surface area contributed by atoms with Crippen LogP contribution in [0.5, 0.6) is 0 Å². The zero-order chi connectivity index (χ0) is 10.8. The summed E-state index contributed by atoms with van der Waals surface area (Å²) in [6, 6.07) is 8.38. The van der Waals surface area contributed by atoms with Gasteiger partial charge in [0.15, 0.2) is 0 Å². The Morgan fingerprint density at radius 3 is 2.56 bits per heavy atom. The summed E-state index contributed by atoms with van der Waals surface area (Å²) >= 11 is 0. The van der Waals surface area contributed by atoms with E-state index in [1.165, 1.54) is 11.3 Å². The van der Waals surface area contributed by atoms with Crippen molar-refractivity contribution in [2.24, 2.45) is 5.92 Å². The summed E-state index contributed by atoms with van der Waals surface area (Å²) in [6.07, 6.45) is 1.00. The normalized spacial score (nSPS) is 10.8. The lowest BCUT2D eigenvalue weighted by Crippen LogP contribution is -3.00. The maximum Gasteiger partial charge on any atom is 0.109 e. The average Bonchev–Trinajstić information content (AvgIpc) is 2.56. The van der Waals surface area contributed by atoms with E-state index in [-0.39, 0.29) is 12.4 Å². The fraction of sp³-hybridized carbons (Fsp3) is 0.462. The molecule has 0 radical (unpaired) electrons. The molecule has 0 atom stereocenters. The van der Waals surface area contributed by atoms with Crippen LogP contribution in [0.4, 0.5) is 0 Å². The van der Waals surface area contributed by atoms with E-state index >= 15 is 0 Å². The van der Waals surface area contributed by atoms with E-state index in [1.54, 1.807) is 0 Å². The summed E-state index contributed by atoms with van der Waals surface area (Å²) in [4.78, 5) is 4.65. The first kappa shape index (κ1) is 13.0. The van der Waals surface area contributed by atoms with Gasteiger partial charge in [0.05, 0.1) is 11.0 Å². The molecule has 2 aromatic rings. The van der Waals surface area contributed by atoms with Gasteiger partial charge in [-0.15, -0.1) is 0 Å². The molecule has 1 aromatic carbocycles. The quantitative estimate of drug-likeness (QED) is 0.749. The Kier molecular flexibility index (Phi) is 4.36. The van der Waals surface area contributed by atoms with Crippen LogP contribution in [-0.4, -0.2) is 9.55 Å². The number of aromatic nitrogens is 2. The van der Waals surface area contributed by atoms with E-state index in [1.807, 2.05) is 0 Å². The van der Waals surface area contributed by atoms with Crippen LogP contribution in [-0.2, 0) is 13.0 Å². The van der Waals surface area contributed by atoms with Crippen molar-refractivity contribution in [2.75, 3.05) is 0 Å². The zero-order valence-electron chi connectivity index (χ0n) is 10.1. The summed E-state index contributed by atoms with van der Waals surface area (Å²) in [6.45, 7) is 7.71. The maximum atomic E-state index is 4.65.